The molecule has 5 aromatic rings. The topological polar surface area (TPSA) is 66.6 Å². The number of aromatic amines is 2. The molecule has 0 amide bonds. The molecule has 1 atom stereocenters. The van der Waals surface area contributed by atoms with Gasteiger partial charge in [-0.05, 0) is 48.4 Å². The Hall–Kier alpha value is -3.60. The monoisotopic (exact) mass is 382 g/mol. The number of hydrogen-bond donors (Lipinski definition) is 2. The van der Waals surface area contributed by atoms with Crippen LogP contribution in [0.15, 0.2) is 72.8 Å². The van der Waals surface area contributed by atoms with Crippen LogP contribution in [0.5, 0.6) is 5.75 Å². The summed E-state index contributed by atoms with van der Waals surface area (Å²) in [5.41, 5.74) is 5.36. The van der Waals surface area contributed by atoms with Crippen LogP contribution in [0.25, 0.3) is 22.1 Å². The minimum atomic E-state index is 0.177. The molecule has 0 saturated heterocycles. The average Bonchev–Trinajstić information content (AvgIpc) is 3.37. The minimum Gasteiger partial charge on any atom is -0.497 e. The molecule has 5 nitrogen and oxygen atoms in total. The predicted octanol–water partition coefficient (Wildman–Crippen LogP) is 5.02. The Balaban J connectivity index is 1.50. The normalized spacial score (nSPS) is 12.4. The summed E-state index contributed by atoms with van der Waals surface area (Å²) in [7, 11) is 1.69. The number of benzene rings is 3. The van der Waals surface area contributed by atoms with Crippen molar-refractivity contribution in [2.75, 3.05) is 7.11 Å². The molecule has 0 radical (unpaired) electrons. The van der Waals surface area contributed by atoms with Crippen LogP contribution in [-0.2, 0) is 12.8 Å². The molecule has 2 heterocycles. The van der Waals surface area contributed by atoms with E-state index < -0.39 is 0 Å². The number of H-pyrrole nitrogens is 2. The first-order chi connectivity index (χ1) is 14.3. The van der Waals surface area contributed by atoms with Gasteiger partial charge in [-0.1, -0.05) is 36.4 Å². The molecule has 0 spiro atoms. The van der Waals surface area contributed by atoms with Gasteiger partial charge in [0.2, 0.25) is 0 Å². The van der Waals surface area contributed by atoms with Gasteiger partial charge in [-0.3, -0.25) is 0 Å². The predicted molar refractivity (Wildman–Crippen MR) is 115 cm³/mol. The highest BCUT2D eigenvalue weighted by Crippen LogP contribution is 2.26. The van der Waals surface area contributed by atoms with Crippen molar-refractivity contribution in [3.63, 3.8) is 0 Å². The van der Waals surface area contributed by atoms with Crippen LogP contribution >= 0.6 is 0 Å². The number of aromatic nitrogens is 4. The first-order valence-electron chi connectivity index (χ1n) is 9.80. The summed E-state index contributed by atoms with van der Waals surface area (Å²) in [6, 6.07) is 24.5. The molecule has 0 unspecified atom stereocenters. The maximum atomic E-state index is 5.29. The number of hydrogen-bond acceptors (Lipinski definition) is 3. The molecule has 0 bridgehead atoms. The third kappa shape index (κ3) is 3.59. The average molecular weight is 382 g/mol. The van der Waals surface area contributed by atoms with Crippen molar-refractivity contribution < 1.29 is 4.74 Å². The molecule has 0 aliphatic rings. The molecular formula is C24H22N4O. The van der Waals surface area contributed by atoms with E-state index in [-0.39, 0.29) is 5.92 Å². The Kier molecular flexibility index (Phi) is 4.48. The van der Waals surface area contributed by atoms with Crippen LogP contribution in [-0.4, -0.2) is 27.0 Å². The van der Waals surface area contributed by atoms with Gasteiger partial charge in [-0.25, -0.2) is 9.97 Å². The number of fused-ring (bicyclic) bond motifs is 2. The molecule has 5 heteroatoms. The third-order valence-electron chi connectivity index (χ3n) is 5.31. The van der Waals surface area contributed by atoms with Gasteiger partial charge in [0.15, 0.2) is 0 Å². The number of nitrogens with one attached hydrogen (secondary N) is 2. The Labute approximate surface area is 168 Å². The molecule has 0 fully saturated rings. The number of nitrogens with zero attached hydrogens (tertiary/aromatic N) is 2. The smallest absolute Gasteiger partial charge is 0.118 e. The third-order valence-corrected chi connectivity index (χ3v) is 5.31. The highest BCUT2D eigenvalue weighted by Gasteiger charge is 2.19. The molecular weight excluding hydrogens is 360 g/mol. The fraction of sp³-hybridized carbons (Fsp3) is 0.167. The summed E-state index contributed by atoms with van der Waals surface area (Å²) in [6.45, 7) is 0. The summed E-state index contributed by atoms with van der Waals surface area (Å²) in [5, 5.41) is 0. The van der Waals surface area contributed by atoms with Gasteiger partial charge in [0.25, 0.3) is 0 Å². The van der Waals surface area contributed by atoms with Crippen LogP contribution in [0.1, 0.15) is 23.1 Å². The first kappa shape index (κ1) is 17.5. The molecule has 2 N–H and O–H groups in total. The zero-order chi connectivity index (χ0) is 19.6. The Bertz CT molecular complexity index is 1190. The second-order valence-electron chi connectivity index (χ2n) is 7.29. The van der Waals surface area contributed by atoms with Crippen molar-refractivity contribution in [2.24, 2.45) is 0 Å². The van der Waals surface area contributed by atoms with E-state index in [4.69, 9.17) is 14.7 Å². The fourth-order valence-corrected chi connectivity index (χ4v) is 3.81. The number of para-hydroxylation sites is 4. The summed E-state index contributed by atoms with van der Waals surface area (Å²) in [5.74, 6) is 3.01. The molecule has 2 aromatic heterocycles. The molecule has 29 heavy (non-hydrogen) atoms. The minimum absolute atomic E-state index is 0.177. The Morgan fingerprint density at radius 3 is 2.07 bits per heavy atom. The van der Waals surface area contributed by atoms with E-state index in [1.807, 2.05) is 48.5 Å². The van der Waals surface area contributed by atoms with Crippen molar-refractivity contribution in [1.82, 2.24) is 19.9 Å². The summed E-state index contributed by atoms with van der Waals surface area (Å²) in [4.78, 5) is 16.6. The lowest BCUT2D eigenvalue weighted by Crippen LogP contribution is -2.10. The molecule has 0 saturated carbocycles. The van der Waals surface area contributed by atoms with Gasteiger partial charge in [0.1, 0.15) is 17.4 Å². The van der Waals surface area contributed by atoms with Crippen LogP contribution in [0.4, 0.5) is 0 Å². The van der Waals surface area contributed by atoms with Crippen molar-refractivity contribution >= 4 is 22.1 Å². The van der Waals surface area contributed by atoms with Crippen LogP contribution in [0.2, 0.25) is 0 Å². The second-order valence-corrected chi connectivity index (χ2v) is 7.29. The van der Waals surface area contributed by atoms with Gasteiger partial charge >= 0.3 is 0 Å². The summed E-state index contributed by atoms with van der Waals surface area (Å²) < 4.78 is 5.29. The number of methoxy groups -OCH3 is 1. The maximum absolute atomic E-state index is 5.29. The van der Waals surface area contributed by atoms with E-state index >= 15 is 0 Å². The second kappa shape index (κ2) is 7.43. The number of imidazole rings is 2. The maximum Gasteiger partial charge on any atom is 0.118 e. The number of rotatable bonds is 6. The van der Waals surface area contributed by atoms with Crippen LogP contribution in [0, 0.1) is 0 Å². The van der Waals surface area contributed by atoms with E-state index in [9.17, 15) is 0 Å². The van der Waals surface area contributed by atoms with Crippen molar-refractivity contribution in [3.8, 4) is 5.75 Å². The zero-order valence-corrected chi connectivity index (χ0v) is 16.2. The molecule has 3 aromatic carbocycles. The standard InChI is InChI=1S/C24H22N4O/c1-29-18-12-10-16(11-13-18)14-17(24-27-21-8-4-5-9-22(21)28-24)15-23-25-19-6-2-3-7-20(19)26-23/h2-13,17H,14-15H2,1H3,(H,25,26)(H,27,28)/t17-/m1/s1. The van der Waals surface area contributed by atoms with E-state index in [2.05, 4.69) is 34.2 Å². The van der Waals surface area contributed by atoms with E-state index in [1.165, 1.54) is 5.56 Å². The number of ether oxygens (including phenoxy) is 1. The SMILES string of the molecule is COc1ccc(C[C@H](Cc2nc3ccccc3[nH]2)c2nc3ccccc3[nH]2)cc1. The summed E-state index contributed by atoms with van der Waals surface area (Å²) in [6.07, 6.45) is 1.64. The lowest BCUT2D eigenvalue weighted by atomic mass is 9.95. The highest BCUT2D eigenvalue weighted by molar-refractivity contribution is 5.75. The molecule has 144 valence electrons. The van der Waals surface area contributed by atoms with Gasteiger partial charge in [0, 0.05) is 12.3 Å². The van der Waals surface area contributed by atoms with Crippen molar-refractivity contribution in [2.45, 2.75) is 18.8 Å². The van der Waals surface area contributed by atoms with Gasteiger partial charge < -0.3 is 14.7 Å². The molecule has 0 aliphatic heterocycles. The van der Waals surface area contributed by atoms with Gasteiger partial charge in [-0.2, -0.15) is 0 Å². The Morgan fingerprint density at radius 1 is 0.759 bits per heavy atom. The molecule has 0 aliphatic carbocycles. The van der Waals surface area contributed by atoms with Gasteiger partial charge in [-0.15, -0.1) is 0 Å². The van der Waals surface area contributed by atoms with E-state index in [0.717, 1.165) is 52.3 Å². The first-order valence-corrected chi connectivity index (χ1v) is 9.80. The Morgan fingerprint density at radius 2 is 1.41 bits per heavy atom. The van der Waals surface area contributed by atoms with Crippen LogP contribution < -0.4 is 4.74 Å². The lowest BCUT2D eigenvalue weighted by Gasteiger charge is -2.14. The molecule has 5 rings (SSSR count). The summed E-state index contributed by atoms with van der Waals surface area (Å²) >= 11 is 0. The fourth-order valence-electron chi connectivity index (χ4n) is 3.81. The highest BCUT2D eigenvalue weighted by atomic mass is 16.5. The van der Waals surface area contributed by atoms with E-state index in [0.29, 0.717) is 0 Å². The lowest BCUT2D eigenvalue weighted by molar-refractivity contribution is 0.414. The van der Waals surface area contributed by atoms with Crippen LogP contribution in [0.3, 0.4) is 0 Å². The largest absolute Gasteiger partial charge is 0.497 e. The quantitative estimate of drug-likeness (QED) is 0.433. The van der Waals surface area contributed by atoms with E-state index in [1.54, 1.807) is 7.11 Å². The van der Waals surface area contributed by atoms with Crippen molar-refractivity contribution in [1.29, 1.82) is 0 Å². The zero-order valence-electron chi connectivity index (χ0n) is 16.2. The van der Waals surface area contributed by atoms with Gasteiger partial charge in [0.05, 0.1) is 29.2 Å². The van der Waals surface area contributed by atoms with Crippen molar-refractivity contribution in [3.05, 3.63) is 90.0 Å².